The van der Waals surface area contributed by atoms with E-state index >= 15 is 0 Å². The maximum atomic E-state index is 12.9. The van der Waals surface area contributed by atoms with Crippen molar-refractivity contribution in [2.45, 2.75) is 25.6 Å². The standard InChI is InChI=1S/C33H26F3NO4/c1-21-30(37-31(40-21)26-12-16-27(17-13-26)33(34,35)36)25-10-8-23(9-11-25)24-14-18-28(19-15-24)41-29(32(38)39-2)20-22-6-4-3-5-7-22/h3-19,29H,20H2,1-2H3. The molecule has 0 aliphatic carbocycles. The molecule has 0 fully saturated rings. The van der Waals surface area contributed by atoms with Crippen LogP contribution in [0.5, 0.6) is 5.75 Å². The monoisotopic (exact) mass is 557 g/mol. The van der Waals surface area contributed by atoms with Gasteiger partial charge in [0.15, 0.2) is 6.10 Å². The van der Waals surface area contributed by atoms with E-state index in [-0.39, 0.29) is 5.89 Å². The van der Waals surface area contributed by atoms with Crippen molar-refractivity contribution >= 4 is 5.97 Å². The molecule has 0 saturated heterocycles. The number of oxazole rings is 1. The highest BCUT2D eigenvalue weighted by atomic mass is 19.4. The van der Waals surface area contributed by atoms with E-state index in [4.69, 9.17) is 13.9 Å². The van der Waals surface area contributed by atoms with Gasteiger partial charge in [-0.2, -0.15) is 13.2 Å². The number of nitrogens with zero attached hydrogens (tertiary/aromatic N) is 1. The van der Waals surface area contributed by atoms with Gasteiger partial charge in [-0.3, -0.25) is 0 Å². The fraction of sp³-hybridized carbons (Fsp3) is 0.152. The number of aryl methyl sites for hydroxylation is 1. The Morgan fingerprint density at radius 3 is 1.95 bits per heavy atom. The molecule has 0 radical (unpaired) electrons. The summed E-state index contributed by atoms with van der Waals surface area (Å²) in [6.45, 7) is 1.77. The second kappa shape index (κ2) is 11.7. The van der Waals surface area contributed by atoms with Crippen LogP contribution in [-0.4, -0.2) is 24.2 Å². The predicted molar refractivity (Wildman–Crippen MR) is 149 cm³/mol. The Bertz CT molecular complexity index is 1610. The second-order valence-corrected chi connectivity index (χ2v) is 9.42. The van der Waals surface area contributed by atoms with Gasteiger partial charge in [0.2, 0.25) is 5.89 Å². The number of hydrogen-bond donors (Lipinski definition) is 0. The Kier molecular flexibility index (Phi) is 7.92. The zero-order valence-corrected chi connectivity index (χ0v) is 22.3. The topological polar surface area (TPSA) is 61.6 Å². The first-order chi connectivity index (χ1) is 19.7. The van der Waals surface area contributed by atoms with E-state index in [2.05, 4.69) is 4.98 Å². The Balaban J connectivity index is 1.29. The number of carbonyl (C=O) groups is 1. The van der Waals surface area contributed by atoms with Gasteiger partial charge in [0, 0.05) is 17.5 Å². The van der Waals surface area contributed by atoms with Crippen LogP contribution < -0.4 is 4.74 Å². The summed E-state index contributed by atoms with van der Waals surface area (Å²) in [6, 6.07) is 29.5. The molecule has 0 N–H and O–H groups in total. The number of alkyl halides is 3. The number of rotatable bonds is 8. The molecule has 0 amide bonds. The van der Waals surface area contributed by atoms with Crippen LogP contribution >= 0.6 is 0 Å². The van der Waals surface area contributed by atoms with Gasteiger partial charge >= 0.3 is 12.1 Å². The van der Waals surface area contributed by atoms with Crippen molar-refractivity contribution in [1.29, 1.82) is 0 Å². The van der Waals surface area contributed by atoms with Crippen molar-refractivity contribution in [2.75, 3.05) is 7.11 Å². The van der Waals surface area contributed by atoms with E-state index in [1.54, 1.807) is 6.92 Å². The second-order valence-electron chi connectivity index (χ2n) is 9.42. The molecule has 1 atom stereocenters. The largest absolute Gasteiger partial charge is 0.478 e. The summed E-state index contributed by atoms with van der Waals surface area (Å²) in [4.78, 5) is 16.8. The van der Waals surface area contributed by atoms with Crippen molar-refractivity contribution in [2.24, 2.45) is 0 Å². The SMILES string of the molecule is COC(=O)C(Cc1ccccc1)Oc1ccc(-c2ccc(-c3nc(-c4ccc(C(F)(F)F)cc4)oc3C)cc2)cc1. The summed E-state index contributed by atoms with van der Waals surface area (Å²) in [5.74, 6) is 0.914. The summed E-state index contributed by atoms with van der Waals surface area (Å²) in [7, 11) is 1.34. The average molecular weight is 558 g/mol. The van der Waals surface area contributed by atoms with Gasteiger partial charge in [0.1, 0.15) is 17.2 Å². The lowest BCUT2D eigenvalue weighted by Gasteiger charge is -2.17. The number of carbonyl (C=O) groups excluding carboxylic acids is 1. The third-order valence-electron chi connectivity index (χ3n) is 6.61. The van der Waals surface area contributed by atoms with Crippen LogP contribution in [0.2, 0.25) is 0 Å². The molecule has 5 rings (SSSR count). The summed E-state index contributed by atoms with van der Waals surface area (Å²) >= 11 is 0. The van der Waals surface area contributed by atoms with Gasteiger partial charge in [-0.05, 0) is 60.0 Å². The molecule has 0 aliphatic rings. The van der Waals surface area contributed by atoms with Gasteiger partial charge in [-0.1, -0.05) is 66.7 Å². The number of esters is 1. The number of aromatic nitrogens is 1. The molecule has 0 spiro atoms. The van der Waals surface area contributed by atoms with Gasteiger partial charge in [0.25, 0.3) is 0 Å². The van der Waals surface area contributed by atoms with E-state index in [0.29, 0.717) is 29.2 Å². The van der Waals surface area contributed by atoms with Crippen LogP contribution in [0.15, 0.2) is 108 Å². The minimum Gasteiger partial charge on any atom is -0.478 e. The average Bonchev–Trinajstić information content (AvgIpc) is 3.38. The Morgan fingerprint density at radius 1 is 0.805 bits per heavy atom. The van der Waals surface area contributed by atoms with Crippen molar-refractivity contribution in [3.05, 3.63) is 120 Å². The smallest absolute Gasteiger partial charge is 0.416 e. The van der Waals surface area contributed by atoms with E-state index in [0.717, 1.165) is 34.4 Å². The quantitative estimate of drug-likeness (QED) is 0.180. The number of halogens is 3. The third kappa shape index (κ3) is 6.49. The molecule has 5 aromatic rings. The van der Waals surface area contributed by atoms with Crippen LogP contribution in [0.25, 0.3) is 33.8 Å². The first-order valence-electron chi connectivity index (χ1n) is 12.9. The van der Waals surface area contributed by atoms with Crippen molar-refractivity contribution in [1.82, 2.24) is 4.98 Å². The lowest BCUT2D eigenvalue weighted by molar-refractivity contribution is -0.148. The van der Waals surface area contributed by atoms with E-state index in [1.165, 1.54) is 19.2 Å². The minimum atomic E-state index is -4.40. The van der Waals surface area contributed by atoms with Crippen molar-refractivity contribution in [3.63, 3.8) is 0 Å². The normalized spacial score (nSPS) is 12.1. The molecule has 0 bridgehead atoms. The summed E-state index contributed by atoms with van der Waals surface area (Å²) < 4.78 is 55.3. The van der Waals surface area contributed by atoms with Crippen LogP contribution in [0.1, 0.15) is 16.9 Å². The van der Waals surface area contributed by atoms with E-state index in [1.807, 2.05) is 78.9 Å². The van der Waals surface area contributed by atoms with Gasteiger partial charge < -0.3 is 13.9 Å². The molecule has 1 aromatic heterocycles. The van der Waals surface area contributed by atoms with Crippen LogP contribution in [-0.2, 0) is 22.1 Å². The Hall–Kier alpha value is -4.85. The fourth-order valence-corrected chi connectivity index (χ4v) is 4.43. The maximum absolute atomic E-state index is 12.9. The molecule has 4 aromatic carbocycles. The summed E-state index contributed by atoms with van der Waals surface area (Å²) in [6.07, 6.45) is -4.79. The molecule has 1 unspecified atom stereocenters. The number of benzene rings is 4. The Morgan fingerprint density at radius 2 is 1.37 bits per heavy atom. The predicted octanol–water partition coefficient (Wildman–Crippen LogP) is 8.17. The molecule has 0 aliphatic heterocycles. The maximum Gasteiger partial charge on any atom is 0.416 e. The summed E-state index contributed by atoms with van der Waals surface area (Å²) in [5, 5.41) is 0. The lowest BCUT2D eigenvalue weighted by Crippen LogP contribution is -2.30. The molecule has 0 saturated carbocycles. The first kappa shape index (κ1) is 27.7. The highest BCUT2D eigenvalue weighted by Gasteiger charge is 2.30. The van der Waals surface area contributed by atoms with Gasteiger partial charge in [-0.15, -0.1) is 0 Å². The van der Waals surface area contributed by atoms with Crippen LogP contribution in [0, 0.1) is 6.92 Å². The molecule has 208 valence electrons. The van der Waals surface area contributed by atoms with Crippen LogP contribution in [0.4, 0.5) is 13.2 Å². The first-order valence-corrected chi connectivity index (χ1v) is 12.9. The van der Waals surface area contributed by atoms with E-state index < -0.39 is 23.8 Å². The van der Waals surface area contributed by atoms with Crippen molar-refractivity contribution < 1.29 is 31.9 Å². The number of ether oxygens (including phenoxy) is 2. The molecular formula is C33H26F3NO4. The molecule has 1 heterocycles. The zero-order chi connectivity index (χ0) is 29.0. The van der Waals surface area contributed by atoms with Crippen molar-refractivity contribution in [3.8, 4) is 39.6 Å². The van der Waals surface area contributed by atoms with E-state index in [9.17, 15) is 18.0 Å². The minimum absolute atomic E-state index is 0.253. The highest BCUT2D eigenvalue weighted by Crippen LogP contribution is 2.33. The van der Waals surface area contributed by atoms with Gasteiger partial charge in [0.05, 0.1) is 12.7 Å². The fourth-order valence-electron chi connectivity index (χ4n) is 4.43. The van der Waals surface area contributed by atoms with Crippen LogP contribution in [0.3, 0.4) is 0 Å². The zero-order valence-electron chi connectivity index (χ0n) is 22.3. The molecule has 41 heavy (non-hydrogen) atoms. The summed E-state index contributed by atoms with van der Waals surface area (Å²) in [5.41, 5.74) is 4.04. The number of hydrogen-bond acceptors (Lipinski definition) is 5. The number of methoxy groups -OCH3 is 1. The molecular weight excluding hydrogens is 531 g/mol. The Labute approximate surface area is 235 Å². The molecule has 5 nitrogen and oxygen atoms in total. The highest BCUT2D eigenvalue weighted by molar-refractivity contribution is 5.75. The van der Waals surface area contributed by atoms with Gasteiger partial charge in [-0.25, -0.2) is 9.78 Å². The third-order valence-corrected chi connectivity index (χ3v) is 6.61. The lowest BCUT2D eigenvalue weighted by atomic mass is 10.0. The molecule has 8 heteroatoms.